The van der Waals surface area contributed by atoms with Gasteiger partial charge in [0, 0.05) is 6.42 Å². The second-order valence-electron chi connectivity index (χ2n) is 7.53. The van der Waals surface area contributed by atoms with Crippen LogP contribution in [0.5, 0.6) is 0 Å². The van der Waals surface area contributed by atoms with Crippen LogP contribution in [0, 0.1) is 5.41 Å². The summed E-state index contributed by atoms with van der Waals surface area (Å²) in [6.45, 7) is 11.9. The Bertz CT molecular complexity index is 295. The lowest BCUT2D eigenvalue weighted by Crippen LogP contribution is -2.45. The van der Waals surface area contributed by atoms with E-state index in [4.69, 9.17) is 9.47 Å². The van der Waals surface area contributed by atoms with Crippen molar-refractivity contribution in [3.63, 3.8) is 0 Å². The van der Waals surface area contributed by atoms with E-state index in [0.29, 0.717) is 12.8 Å². The van der Waals surface area contributed by atoms with Gasteiger partial charge in [0.1, 0.15) is 0 Å². The Morgan fingerprint density at radius 2 is 1.70 bits per heavy atom. The van der Waals surface area contributed by atoms with E-state index in [0.717, 1.165) is 12.8 Å². The van der Waals surface area contributed by atoms with Crippen LogP contribution in [0.3, 0.4) is 0 Å². The quantitative estimate of drug-likeness (QED) is 0.816. The molecule has 0 aromatic carbocycles. The molecule has 0 amide bonds. The molecule has 1 rings (SSSR count). The van der Waals surface area contributed by atoms with Gasteiger partial charge in [-0.05, 0) is 38.5 Å². The highest BCUT2D eigenvalue weighted by atomic mass is 16.7. The van der Waals surface area contributed by atoms with Crippen molar-refractivity contribution in [1.29, 1.82) is 0 Å². The summed E-state index contributed by atoms with van der Waals surface area (Å²) in [7, 11) is 0. The molecule has 20 heavy (non-hydrogen) atoms. The number of aliphatic hydroxyl groups excluding tert-OH is 2. The van der Waals surface area contributed by atoms with Gasteiger partial charge in [0.2, 0.25) is 0 Å². The van der Waals surface area contributed by atoms with Crippen molar-refractivity contribution in [2.24, 2.45) is 5.41 Å². The predicted molar refractivity (Wildman–Crippen MR) is 79.4 cm³/mol. The summed E-state index contributed by atoms with van der Waals surface area (Å²) >= 11 is 0. The average molecular weight is 288 g/mol. The lowest BCUT2D eigenvalue weighted by molar-refractivity contribution is -0.303. The van der Waals surface area contributed by atoms with Gasteiger partial charge in [-0.25, -0.2) is 0 Å². The molecule has 0 unspecified atom stereocenters. The van der Waals surface area contributed by atoms with Gasteiger partial charge >= 0.3 is 0 Å². The van der Waals surface area contributed by atoms with E-state index in [9.17, 15) is 10.2 Å². The molecule has 0 aromatic heterocycles. The van der Waals surface area contributed by atoms with Crippen molar-refractivity contribution in [1.82, 2.24) is 0 Å². The molecule has 0 saturated carbocycles. The molecule has 0 radical (unpaired) electrons. The molecular formula is C16H32O4. The second kappa shape index (κ2) is 6.73. The Labute approximate surface area is 123 Å². The summed E-state index contributed by atoms with van der Waals surface area (Å²) in [6.07, 6.45) is 1.83. The van der Waals surface area contributed by atoms with Crippen LogP contribution in [0.25, 0.3) is 0 Å². The van der Waals surface area contributed by atoms with Crippen molar-refractivity contribution in [3.8, 4) is 0 Å². The van der Waals surface area contributed by atoms with Crippen LogP contribution in [0.2, 0.25) is 0 Å². The standard InChI is InChI=1S/C16H32O4/c1-7-12-10-13(20-16(5,6)19-12)8-11(17)9-14(18)15(2,3)4/h11-14,17-18H,7-10H2,1-6H3/t11-,12+,13-,14-/m0/s1. The molecule has 4 atom stereocenters. The van der Waals surface area contributed by atoms with Crippen LogP contribution in [0.4, 0.5) is 0 Å². The topological polar surface area (TPSA) is 58.9 Å². The monoisotopic (exact) mass is 288 g/mol. The van der Waals surface area contributed by atoms with E-state index in [2.05, 4.69) is 6.92 Å². The van der Waals surface area contributed by atoms with Crippen LogP contribution >= 0.6 is 0 Å². The Morgan fingerprint density at radius 3 is 2.20 bits per heavy atom. The molecule has 4 heteroatoms. The Kier molecular flexibility index (Phi) is 6.02. The van der Waals surface area contributed by atoms with Crippen LogP contribution in [0.1, 0.15) is 67.2 Å². The smallest absolute Gasteiger partial charge is 0.163 e. The van der Waals surface area contributed by atoms with E-state index in [1.54, 1.807) is 0 Å². The van der Waals surface area contributed by atoms with Crippen LogP contribution in [0.15, 0.2) is 0 Å². The minimum absolute atomic E-state index is 0.00846. The fourth-order valence-corrected chi connectivity index (χ4v) is 2.63. The molecule has 1 aliphatic heterocycles. The Balaban J connectivity index is 2.50. The zero-order valence-corrected chi connectivity index (χ0v) is 13.8. The number of hydrogen-bond donors (Lipinski definition) is 2. The van der Waals surface area contributed by atoms with Gasteiger partial charge in [0.05, 0.1) is 24.4 Å². The Morgan fingerprint density at radius 1 is 1.15 bits per heavy atom. The maximum atomic E-state index is 10.2. The highest BCUT2D eigenvalue weighted by Crippen LogP contribution is 2.31. The van der Waals surface area contributed by atoms with Crippen molar-refractivity contribution in [2.45, 2.75) is 97.4 Å². The summed E-state index contributed by atoms with van der Waals surface area (Å²) in [6, 6.07) is 0. The number of aliphatic hydroxyl groups is 2. The summed E-state index contributed by atoms with van der Waals surface area (Å²) in [4.78, 5) is 0. The molecule has 1 aliphatic rings. The summed E-state index contributed by atoms with van der Waals surface area (Å²) in [5.74, 6) is -0.591. The molecular weight excluding hydrogens is 256 g/mol. The zero-order valence-electron chi connectivity index (χ0n) is 13.8. The molecule has 4 nitrogen and oxygen atoms in total. The SMILES string of the molecule is CC[C@@H]1C[C@H](C[C@H](O)C[C@H](O)C(C)(C)C)OC(C)(C)O1. The van der Waals surface area contributed by atoms with Crippen molar-refractivity contribution < 1.29 is 19.7 Å². The van der Waals surface area contributed by atoms with Gasteiger partial charge < -0.3 is 19.7 Å². The summed E-state index contributed by atoms with van der Waals surface area (Å²) in [5, 5.41) is 20.2. The first-order chi connectivity index (χ1) is 9.03. The highest BCUT2D eigenvalue weighted by molar-refractivity contribution is 4.81. The van der Waals surface area contributed by atoms with E-state index >= 15 is 0 Å². The first-order valence-corrected chi connectivity index (χ1v) is 7.75. The molecule has 0 spiro atoms. The van der Waals surface area contributed by atoms with E-state index in [1.165, 1.54) is 0 Å². The normalized spacial score (nSPS) is 30.0. The first kappa shape index (κ1) is 17.9. The predicted octanol–water partition coefficient (Wildman–Crippen LogP) is 2.85. The van der Waals surface area contributed by atoms with Crippen LogP contribution in [-0.4, -0.2) is 40.4 Å². The fraction of sp³-hybridized carbons (Fsp3) is 1.00. The van der Waals surface area contributed by atoms with Crippen LogP contribution in [-0.2, 0) is 9.47 Å². The van der Waals surface area contributed by atoms with Gasteiger partial charge in [0.25, 0.3) is 0 Å². The highest BCUT2D eigenvalue weighted by Gasteiger charge is 2.36. The molecule has 0 bridgehead atoms. The van der Waals surface area contributed by atoms with Gasteiger partial charge in [-0.3, -0.25) is 0 Å². The number of hydrogen-bond acceptors (Lipinski definition) is 4. The van der Waals surface area contributed by atoms with E-state index < -0.39 is 18.0 Å². The summed E-state index contributed by atoms with van der Waals surface area (Å²) in [5.41, 5.74) is -0.206. The molecule has 2 N–H and O–H groups in total. The molecule has 0 aliphatic carbocycles. The van der Waals surface area contributed by atoms with Crippen molar-refractivity contribution >= 4 is 0 Å². The molecule has 1 fully saturated rings. The molecule has 1 heterocycles. The minimum atomic E-state index is -0.591. The molecule has 120 valence electrons. The van der Waals surface area contributed by atoms with E-state index in [1.807, 2.05) is 34.6 Å². The lowest BCUT2D eigenvalue weighted by Gasteiger charge is -2.41. The van der Waals surface area contributed by atoms with Crippen molar-refractivity contribution in [3.05, 3.63) is 0 Å². The zero-order chi connectivity index (χ0) is 15.6. The van der Waals surface area contributed by atoms with Gasteiger partial charge in [-0.1, -0.05) is 27.7 Å². The number of ether oxygens (including phenoxy) is 2. The largest absolute Gasteiger partial charge is 0.393 e. The van der Waals surface area contributed by atoms with E-state index in [-0.39, 0.29) is 17.6 Å². The van der Waals surface area contributed by atoms with Gasteiger partial charge in [-0.15, -0.1) is 0 Å². The van der Waals surface area contributed by atoms with Gasteiger partial charge in [-0.2, -0.15) is 0 Å². The first-order valence-electron chi connectivity index (χ1n) is 7.75. The second-order valence-corrected chi connectivity index (χ2v) is 7.53. The molecule has 0 aromatic rings. The maximum absolute atomic E-state index is 10.2. The number of rotatable bonds is 5. The minimum Gasteiger partial charge on any atom is -0.393 e. The third-order valence-corrected chi connectivity index (χ3v) is 3.91. The fourth-order valence-electron chi connectivity index (χ4n) is 2.63. The van der Waals surface area contributed by atoms with Crippen LogP contribution < -0.4 is 0 Å². The van der Waals surface area contributed by atoms with Crippen molar-refractivity contribution in [2.75, 3.05) is 0 Å². The lowest BCUT2D eigenvalue weighted by atomic mass is 9.85. The Hall–Kier alpha value is -0.160. The summed E-state index contributed by atoms with van der Waals surface area (Å²) < 4.78 is 11.7. The maximum Gasteiger partial charge on any atom is 0.163 e. The molecule has 1 saturated heterocycles. The third kappa shape index (κ3) is 5.68. The average Bonchev–Trinajstić information content (AvgIpc) is 2.24. The third-order valence-electron chi connectivity index (χ3n) is 3.91. The van der Waals surface area contributed by atoms with Gasteiger partial charge in [0.15, 0.2) is 5.79 Å².